The second kappa shape index (κ2) is 4.70. The van der Waals surface area contributed by atoms with Crippen LogP contribution in [0.5, 0.6) is 5.88 Å². The van der Waals surface area contributed by atoms with Gasteiger partial charge in [-0.15, -0.1) is 0 Å². The lowest BCUT2D eigenvalue weighted by atomic mass is 10.3. The molecule has 0 saturated heterocycles. The molecule has 1 aromatic carbocycles. The quantitative estimate of drug-likeness (QED) is 0.863. The Kier molecular flexibility index (Phi) is 3.29. The van der Waals surface area contributed by atoms with E-state index in [4.69, 9.17) is 4.74 Å². The molecule has 0 fully saturated rings. The topological polar surface area (TPSA) is 27.1 Å². The van der Waals surface area contributed by atoms with E-state index in [0.29, 0.717) is 0 Å². The summed E-state index contributed by atoms with van der Waals surface area (Å²) in [4.78, 5) is 0. The molecule has 4 heteroatoms. The van der Waals surface area contributed by atoms with Crippen LogP contribution in [0.4, 0.5) is 0 Å². The van der Waals surface area contributed by atoms with E-state index < -0.39 is 0 Å². The Morgan fingerprint density at radius 1 is 1.31 bits per heavy atom. The van der Waals surface area contributed by atoms with Gasteiger partial charge in [0.05, 0.1) is 18.5 Å². The number of rotatable bonds is 3. The van der Waals surface area contributed by atoms with Crippen molar-refractivity contribution in [1.82, 2.24) is 9.78 Å². The fourth-order valence-corrected chi connectivity index (χ4v) is 1.76. The molecule has 0 saturated carbocycles. The summed E-state index contributed by atoms with van der Waals surface area (Å²) in [7, 11) is 1.66. The van der Waals surface area contributed by atoms with E-state index >= 15 is 0 Å². The molecule has 0 radical (unpaired) electrons. The highest BCUT2D eigenvalue weighted by molar-refractivity contribution is 9.10. The predicted molar refractivity (Wildman–Crippen MR) is 67.2 cm³/mol. The molecule has 0 unspecified atom stereocenters. The van der Waals surface area contributed by atoms with E-state index in [1.165, 1.54) is 0 Å². The number of halogens is 1. The molecule has 3 nitrogen and oxygen atoms in total. The summed E-state index contributed by atoms with van der Waals surface area (Å²) >= 11 is 3.41. The smallest absolute Gasteiger partial charge is 0.216 e. The Morgan fingerprint density at radius 3 is 2.56 bits per heavy atom. The first-order valence-corrected chi connectivity index (χ1v) is 5.92. The molecule has 0 aliphatic heterocycles. The summed E-state index contributed by atoms with van der Waals surface area (Å²) in [5.41, 5.74) is 2.03. The van der Waals surface area contributed by atoms with Crippen molar-refractivity contribution in [3.05, 3.63) is 40.5 Å². The minimum atomic E-state index is 0.763. The Balaban J connectivity index is 2.45. The molecule has 2 aromatic rings. The van der Waals surface area contributed by atoms with Gasteiger partial charge in [-0.1, -0.05) is 22.9 Å². The maximum atomic E-state index is 5.30. The number of aromatic nitrogens is 2. The van der Waals surface area contributed by atoms with Crippen LogP contribution in [0, 0.1) is 0 Å². The van der Waals surface area contributed by atoms with Crippen molar-refractivity contribution >= 4 is 15.9 Å². The average Bonchev–Trinajstić information content (AvgIpc) is 2.73. The molecule has 1 aromatic heterocycles. The predicted octanol–water partition coefficient (Wildman–Crippen LogP) is 3.21. The SMILES string of the molecule is CCc1cc(OC)n(-c2ccc(Br)cc2)n1. The number of nitrogens with zero attached hydrogens (tertiary/aromatic N) is 2. The molecule has 0 aliphatic rings. The largest absolute Gasteiger partial charge is 0.481 e. The van der Waals surface area contributed by atoms with Gasteiger partial charge in [-0.05, 0) is 30.7 Å². The van der Waals surface area contributed by atoms with E-state index in [-0.39, 0.29) is 0 Å². The summed E-state index contributed by atoms with van der Waals surface area (Å²) < 4.78 is 8.17. The van der Waals surface area contributed by atoms with Crippen LogP contribution in [-0.4, -0.2) is 16.9 Å². The molecule has 0 aliphatic carbocycles. The van der Waals surface area contributed by atoms with Crippen molar-refractivity contribution in [1.29, 1.82) is 0 Å². The molecule has 0 amide bonds. The first-order valence-electron chi connectivity index (χ1n) is 5.13. The van der Waals surface area contributed by atoms with Crippen molar-refractivity contribution in [3.8, 4) is 11.6 Å². The average molecular weight is 281 g/mol. The van der Waals surface area contributed by atoms with E-state index in [9.17, 15) is 0 Å². The van der Waals surface area contributed by atoms with Crippen molar-refractivity contribution in [3.63, 3.8) is 0 Å². The molecule has 84 valence electrons. The third kappa shape index (κ3) is 2.11. The number of ether oxygens (including phenoxy) is 1. The molecule has 0 spiro atoms. The molecule has 0 atom stereocenters. The van der Waals surface area contributed by atoms with Gasteiger partial charge in [0.25, 0.3) is 0 Å². The number of methoxy groups -OCH3 is 1. The summed E-state index contributed by atoms with van der Waals surface area (Å²) in [6.07, 6.45) is 0.903. The zero-order chi connectivity index (χ0) is 11.5. The summed E-state index contributed by atoms with van der Waals surface area (Å²) in [6, 6.07) is 9.93. The molecule has 2 rings (SSSR count). The number of hydrogen-bond acceptors (Lipinski definition) is 2. The monoisotopic (exact) mass is 280 g/mol. The van der Waals surface area contributed by atoms with Gasteiger partial charge >= 0.3 is 0 Å². The normalized spacial score (nSPS) is 10.4. The third-order valence-electron chi connectivity index (χ3n) is 2.37. The van der Waals surface area contributed by atoms with E-state index in [1.807, 2.05) is 35.0 Å². The van der Waals surface area contributed by atoms with Gasteiger partial charge in [0.1, 0.15) is 0 Å². The van der Waals surface area contributed by atoms with Crippen LogP contribution in [0.25, 0.3) is 5.69 Å². The molecule has 0 N–H and O–H groups in total. The summed E-state index contributed by atoms with van der Waals surface area (Å²) in [5.74, 6) is 0.763. The van der Waals surface area contributed by atoms with Crippen LogP contribution in [0.1, 0.15) is 12.6 Å². The fourth-order valence-electron chi connectivity index (χ4n) is 1.50. The Bertz CT molecular complexity index is 476. The first kappa shape index (κ1) is 11.2. The van der Waals surface area contributed by atoms with Gasteiger partial charge in [-0.2, -0.15) is 5.10 Å². The van der Waals surface area contributed by atoms with Crippen LogP contribution in [-0.2, 0) is 6.42 Å². The highest BCUT2D eigenvalue weighted by Crippen LogP contribution is 2.21. The zero-order valence-electron chi connectivity index (χ0n) is 9.27. The highest BCUT2D eigenvalue weighted by atomic mass is 79.9. The molecule has 1 heterocycles. The zero-order valence-corrected chi connectivity index (χ0v) is 10.9. The van der Waals surface area contributed by atoms with Gasteiger partial charge < -0.3 is 4.74 Å². The second-order valence-corrected chi connectivity index (χ2v) is 4.34. The first-order chi connectivity index (χ1) is 7.74. The Morgan fingerprint density at radius 2 is 2.00 bits per heavy atom. The lowest BCUT2D eigenvalue weighted by molar-refractivity contribution is 0.383. The lowest BCUT2D eigenvalue weighted by Gasteiger charge is -2.05. The minimum absolute atomic E-state index is 0.763. The number of aryl methyl sites for hydroxylation is 1. The molecule has 16 heavy (non-hydrogen) atoms. The Hall–Kier alpha value is -1.29. The highest BCUT2D eigenvalue weighted by Gasteiger charge is 2.08. The molecular formula is C12H13BrN2O. The van der Waals surface area contributed by atoms with E-state index in [0.717, 1.165) is 28.2 Å². The van der Waals surface area contributed by atoms with Crippen molar-refractivity contribution in [2.45, 2.75) is 13.3 Å². The van der Waals surface area contributed by atoms with Gasteiger partial charge in [-0.3, -0.25) is 0 Å². The van der Waals surface area contributed by atoms with Gasteiger partial charge in [0.2, 0.25) is 5.88 Å². The fraction of sp³-hybridized carbons (Fsp3) is 0.250. The van der Waals surface area contributed by atoms with Crippen LogP contribution >= 0.6 is 15.9 Å². The van der Waals surface area contributed by atoms with Crippen LogP contribution < -0.4 is 4.74 Å². The second-order valence-electron chi connectivity index (χ2n) is 3.42. The van der Waals surface area contributed by atoms with Crippen molar-refractivity contribution in [2.24, 2.45) is 0 Å². The van der Waals surface area contributed by atoms with E-state index in [2.05, 4.69) is 28.0 Å². The number of benzene rings is 1. The van der Waals surface area contributed by atoms with Gasteiger partial charge in [-0.25, -0.2) is 4.68 Å². The molecular weight excluding hydrogens is 268 g/mol. The van der Waals surface area contributed by atoms with Crippen LogP contribution in [0.3, 0.4) is 0 Å². The van der Waals surface area contributed by atoms with Gasteiger partial charge in [0.15, 0.2) is 0 Å². The van der Waals surface area contributed by atoms with Crippen LogP contribution in [0.15, 0.2) is 34.8 Å². The van der Waals surface area contributed by atoms with Crippen LogP contribution in [0.2, 0.25) is 0 Å². The standard InChI is InChI=1S/C12H13BrN2O/c1-3-10-8-12(16-2)15(14-10)11-6-4-9(13)5-7-11/h4-8H,3H2,1-2H3. The lowest BCUT2D eigenvalue weighted by Crippen LogP contribution is -1.99. The van der Waals surface area contributed by atoms with Crippen molar-refractivity contribution < 1.29 is 4.74 Å². The maximum absolute atomic E-state index is 5.30. The minimum Gasteiger partial charge on any atom is -0.481 e. The van der Waals surface area contributed by atoms with Gasteiger partial charge in [0, 0.05) is 10.5 Å². The summed E-state index contributed by atoms with van der Waals surface area (Å²) in [5, 5.41) is 4.48. The Labute approximate surface area is 103 Å². The maximum Gasteiger partial charge on any atom is 0.216 e. The van der Waals surface area contributed by atoms with E-state index in [1.54, 1.807) is 7.11 Å². The van der Waals surface area contributed by atoms with Crippen molar-refractivity contribution in [2.75, 3.05) is 7.11 Å². The number of hydrogen-bond donors (Lipinski definition) is 0. The summed E-state index contributed by atoms with van der Waals surface area (Å²) in [6.45, 7) is 2.08. The molecule has 0 bridgehead atoms. The third-order valence-corrected chi connectivity index (χ3v) is 2.90.